The lowest BCUT2D eigenvalue weighted by Gasteiger charge is -2.30. The maximum Gasteiger partial charge on any atom is 0.145 e. The molecule has 16 heavy (non-hydrogen) atoms. The molecule has 1 aromatic carbocycles. The van der Waals surface area contributed by atoms with Gasteiger partial charge in [-0.2, -0.15) is 0 Å². The molecule has 0 bridgehead atoms. The summed E-state index contributed by atoms with van der Waals surface area (Å²) in [5, 5.41) is 0. The smallest absolute Gasteiger partial charge is 0.145 e. The quantitative estimate of drug-likeness (QED) is 0.698. The van der Waals surface area contributed by atoms with Crippen molar-refractivity contribution in [3.05, 3.63) is 23.8 Å². The van der Waals surface area contributed by atoms with E-state index in [2.05, 4.69) is 20.8 Å². The van der Waals surface area contributed by atoms with Gasteiger partial charge in [-0.25, -0.2) is 0 Å². The Morgan fingerprint density at radius 3 is 2.50 bits per heavy atom. The standard InChI is InChI=1S/C13H17BO2/c1-13(2,3)11-6-9(14)4-5-12(11)16-10-7-15-8-10/h4-6,10H,7-8H2,1-3H3. The number of ether oxygens (including phenoxy) is 2. The Kier molecular flexibility index (Phi) is 2.98. The van der Waals surface area contributed by atoms with E-state index < -0.39 is 0 Å². The van der Waals surface area contributed by atoms with E-state index in [4.69, 9.17) is 17.3 Å². The largest absolute Gasteiger partial charge is 0.485 e. The first-order chi connectivity index (χ1) is 7.47. The molecule has 0 aliphatic carbocycles. The highest BCUT2D eigenvalue weighted by Crippen LogP contribution is 2.31. The Labute approximate surface area is 98.4 Å². The Bertz CT molecular complexity index is 378. The molecule has 0 spiro atoms. The average molecular weight is 216 g/mol. The van der Waals surface area contributed by atoms with Gasteiger partial charge in [0.05, 0.1) is 13.2 Å². The van der Waals surface area contributed by atoms with Crippen molar-refractivity contribution >= 4 is 13.3 Å². The van der Waals surface area contributed by atoms with Crippen molar-refractivity contribution in [2.45, 2.75) is 32.3 Å². The van der Waals surface area contributed by atoms with Gasteiger partial charge in [-0.15, -0.1) is 0 Å². The molecule has 3 heteroatoms. The van der Waals surface area contributed by atoms with Gasteiger partial charge in [-0.1, -0.05) is 38.4 Å². The van der Waals surface area contributed by atoms with Crippen molar-refractivity contribution < 1.29 is 9.47 Å². The van der Waals surface area contributed by atoms with Crippen LogP contribution in [0, 0.1) is 0 Å². The van der Waals surface area contributed by atoms with Crippen LogP contribution in [0.1, 0.15) is 26.3 Å². The zero-order valence-electron chi connectivity index (χ0n) is 10.1. The zero-order valence-corrected chi connectivity index (χ0v) is 10.1. The van der Waals surface area contributed by atoms with E-state index in [9.17, 15) is 0 Å². The second-order valence-corrected chi connectivity index (χ2v) is 5.28. The predicted molar refractivity (Wildman–Crippen MR) is 65.8 cm³/mol. The van der Waals surface area contributed by atoms with Gasteiger partial charge >= 0.3 is 0 Å². The molecule has 0 aromatic heterocycles. The fourth-order valence-corrected chi connectivity index (χ4v) is 1.70. The molecule has 84 valence electrons. The summed E-state index contributed by atoms with van der Waals surface area (Å²) in [4.78, 5) is 0. The number of rotatable bonds is 2. The number of benzene rings is 1. The minimum atomic E-state index is 0.0370. The Balaban J connectivity index is 2.28. The van der Waals surface area contributed by atoms with Gasteiger partial charge in [0, 0.05) is 0 Å². The topological polar surface area (TPSA) is 18.5 Å². The van der Waals surface area contributed by atoms with Gasteiger partial charge in [-0.05, 0) is 17.0 Å². The summed E-state index contributed by atoms with van der Waals surface area (Å²) in [6.45, 7) is 7.85. The monoisotopic (exact) mass is 216 g/mol. The fraction of sp³-hybridized carbons (Fsp3) is 0.538. The van der Waals surface area contributed by atoms with Crippen LogP contribution in [0.5, 0.6) is 5.75 Å². The molecule has 2 nitrogen and oxygen atoms in total. The van der Waals surface area contributed by atoms with Crippen LogP contribution in [0.15, 0.2) is 18.2 Å². The van der Waals surface area contributed by atoms with Crippen LogP contribution in [-0.4, -0.2) is 27.2 Å². The molecule has 2 radical (unpaired) electrons. The molecule has 0 saturated carbocycles. The molecule has 1 fully saturated rings. The minimum absolute atomic E-state index is 0.0370. The highest BCUT2D eigenvalue weighted by atomic mass is 16.6. The van der Waals surface area contributed by atoms with E-state index >= 15 is 0 Å². The second-order valence-electron chi connectivity index (χ2n) is 5.28. The van der Waals surface area contributed by atoms with Crippen LogP contribution >= 0.6 is 0 Å². The third-order valence-electron chi connectivity index (χ3n) is 2.71. The van der Waals surface area contributed by atoms with E-state index in [1.165, 1.54) is 0 Å². The molecule has 0 N–H and O–H groups in total. The van der Waals surface area contributed by atoms with Crippen LogP contribution in [0.2, 0.25) is 0 Å². The lowest BCUT2D eigenvalue weighted by Crippen LogP contribution is -2.39. The maximum atomic E-state index is 5.88. The summed E-state index contributed by atoms with van der Waals surface area (Å²) in [7, 11) is 5.82. The minimum Gasteiger partial charge on any atom is -0.485 e. The molecule has 1 heterocycles. The van der Waals surface area contributed by atoms with E-state index in [0.29, 0.717) is 13.2 Å². The van der Waals surface area contributed by atoms with E-state index in [1.807, 2.05) is 18.2 Å². The maximum absolute atomic E-state index is 5.88. The molecular weight excluding hydrogens is 199 g/mol. The Hall–Kier alpha value is -0.955. The lowest BCUT2D eigenvalue weighted by molar-refractivity contribution is -0.0802. The fourth-order valence-electron chi connectivity index (χ4n) is 1.70. The van der Waals surface area contributed by atoms with Crippen molar-refractivity contribution in [2.24, 2.45) is 0 Å². The van der Waals surface area contributed by atoms with Crippen molar-refractivity contribution in [3.8, 4) is 5.75 Å². The van der Waals surface area contributed by atoms with Crippen molar-refractivity contribution in [1.29, 1.82) is 0 Å². The van der Waals surface area contributed by atoms with E-state index in [0.717, 1.165) is 16.8 Å². The van der Waals surface area contributed by atoms with Gasteiger partial charge in [-0.3, -0.25) is 0 Å². The van der Waals surface area contributed by atoms with E-state index in [1.54, 1.807) is 0 Å². The van der Waals surface area contributed by atoms with Crippen molar-refractivity contribution in [3.63, 3.8) is 0 Å². The highest BCUT2D eigenvalue weighted by molar-refractivity contribution is 6.32. The molecule has 2 rings (SSSR count). The summed E-state index contributed by atoms with van der Waals surface area (Å²) < 4.78 is 11.0. The summed E-state index contributed by atoms with van der Waals surface area (Å²) in [5.41, 5.74) is 1.97. The molecule has 0 amide bonds. The van der Waals surface area contributed by atoms with Gasteiger partial charge in [0.15, 0.2) is 0 Å². The third-order valence-corrected chi connectivity index (χ3v) is 2.71. The molecule has 0 unspecified atom stereocenters. The molecule has 1 aliphatic rings. The van der Waals surface area contributed by atoms with Crippen LogP contribution in [0.3, 0.4) is 0 Å². The third kappa shape index (κ3) is 2.41. The average Bonchev–Trinajstić information content (AvgIpc) is 2.11. The van der Waals surface area contributed by atoms with Crippen LogP contribution < -0.4 is 10.2 Å². The summed E-state index contributed by atoms with van der Waals surface area (Å²) in [5.74, 6) is 0.926. The highest BCUT2D eigenvalue weighted by Gasteiger charge is 2.24. The summed E-state index contributed by atoms with van der Waals surface area (Å²) >= 11 is 0. The first-order valence-corrected chi connectivity index (χ1v) is 5.61. The molecule has 1 aliphatic heterocycles. The van der Waals surface area contributed by atoms with Crippen LogP contribution in [0.4, 0.5) is 0 Å². The van der Waals surface area contributed by atoms with Gasteiger partial charge in [0.2, 0.25) is 0 Å². The Morgan fingerprint density at radius 1 is 1.31 bits per heavy atom. The van der Waals surface area contributed by atoms with Crippen LogP contribution in [-0.2, 0) is 10.2 Å². The zero-order chi connectivity index (χ0) is 11.8. The molecular formula is C13H17BO2. The predicted octanol–water partition coefficient (Wildman–Crippen LogP) is 1.56. The molecule has 1 aromatic rings. The number of hydrogen-bond acceptors (Lipinski definition) is 2. The molecule has 0 atom stereocenters. The SMILES string of the molecule is [B]c1ccc(OC2COC2)c(C(C)(C)C)c1. The number of hydrogen-bond donors (Lipinski definition) is 0. The van der Waals surface area contributed by atoms with Crippen molar-refractivity contribution in [2.75, 3.05) is 13.2 Å². The van der Waals surface area contributed by atoms with E-state index in [-0.39, 0.29) is 11.5 Å². The van der Waals surface area contributed by atoms with Gasteiger partial charge < -0.3 is 9.47 Å². The molecule has 1 saturated heterocycles. The second kappa shape index (κ2) is 4.13. The van der Waals surface area contributed by atoms with Gasteiger partial charge in [0.1, 0.15) is 19.7 Å². The normalized spacial score (nSPS) is 16.9. The van der Waals surface area contributed by atoms with Crippen LogP contribution in [0.25, 0.3) is 0 Å². The first kappa shape index (κ1) is 11.5. The first-order valence-electron chi connectivity index (χ1n) is 5.61. The van der Waals surface area contributed by atoms with Crippen molar-refractivity contribution in [1.82, 2.24) is 0 Å². The Morgan fingerprint density at radius 2 is 2.00 bits per heavy atom. The summed E-state index contributed by atoms with van der Waals surface area (Å²) in [6.07, 6.45) is 0.199. The lowest BCUT2D eigenvalue weighted by atomic mass is 9.82. The summed E-state index contributed by atoms with van der Waals surface area (Å²) in [6, 6.07) is 5.83. The van der Waals surface area contributed by atoms with Gasteiger partial charge in [0.25, 0.3) is 0 Å².